The van der Waals surface area contributed by atoms with E-state index in [0.717, 1.165) is 45.2 Å². The van der Waals surface area contributed by atoms with Gasteiger partial charge in [-0.2, -0.15) is 0 Å². The van der Waals surface area contributed by atoms with Crippen molar-refractivity contribution in [2.45, 2.75) is 57.2 Å². The Hall–Kier alpha value is -0.900. The fraction of sp³-hybridized carbons (Fsp3) is 0.700. The summed E-state index contributed by atoms with van der Waals surface area (Å²) < 4.78 is 5.97. The van der Waals surface area contributed by atoms with E-state index < -0.39 is 0 Å². The molecule has 23 heavy (non-hydrogen) atoms. The summed E-state index contributed by atoms with van der Waals surface area (Å²) in [6.45, 7) is 5.31. The predicted octanol–water partition coefficient (Wildman–Crippen LogP) is 3.54. The largest absolute Gasteiger partial charge is 0.376 e. The zero-order valence-electron chi connectivity index (χ0n) is 14.6. The van der Waals surface area contributed by atoms with E-state index in [4.69, 9.17) is 4.74 Å². The molecule has 1 saturated heterocycles. The van der Waals surface area contributed by atoms with Crippen LogP contribution in [0.1, 0.15) is 44.1 Å². The molecule has 1 aromatic rings. The molecule has 0 N–H and O–H groups in total. The second-order valence-corrected chi connectivity index (χ2v) is 7.29. The van der Waals surface area contributed by atoms with Crippen molar-refractivity contribution in [1.29, 1.82) is 0 Å². The first kappa shape index (κ1) is 16.9. The van der Waals surface area contributed by atoms with E-state index in [2.05, 4.69) is 47.2 Å². The normalized spacial score (nSPS) is 24.2. The SMILES string of the molecule is CN1CCOC(CCN(Cc2ccccc2)C2CCCCC2)C1. The highest BCUT2D eigenvalue weighted by Crippen LogP contribution is 2.25. The molecule has 0 amide bonds. The number of likely N-dealkylation sites (N-methyl/N-ethyl adjacent to an activating group) is 1. The van der Waals surface area contributed by atoms with Crippen LogP contribution in [-0.2, 0) is 11.3 Å². The molecule has 1 heterocycles. The van der Waals surface area contributed by atoms with Gasteiger partial charge in [-0.25, -0.2) is 0 Å². The van der Waals surface area contributed by atoms with Gasteiger partial charge in [0.15, 0.2) is 0 Å². The smallest absolute Gasteiger partial charge is 0.0714 e. The molecule has 2 aliphatic rings. The highest BCUT2D eigenvalue weighted by atomic mass is 16.5. The van der Waals surface area contributed by atoms with Crippen LogP contribution >= 0.6 is 0 Å². The van der Waals surface area contributed by atoms with Gasteiger partial charge in [0, 0.05) is 32.2 Å². The molecule has 0 bridgehead atoms. The molecule has 3 nitrogen and oxygen atoms in total. The lowest BCUT2D eigenvalue weighted by Gasteiger charge is -2.36. The van der Waals surface area contributed by atoms with Crippen LogP contribution in [0.5, 0.6) is 0 Å². The van der Waals surface area contributed by atoms with Gasteiger partial charge in [-0.15, -0.1) is 0 Å². The van der Waals surface area contributed by atoms with E-state index in [1.165, 1.54) is 37.7 Å². The van der Waals surface area contributed by atoms with Crippen LogP contribution in [0.3, 0.4) is 0 Å². The lowest BCUT2D eigenvalue weighted by Crippen LogP contribution is -2.43. The number of rotatable bonds is 6. The van der Waals surface area contributed by atoms with Crippen molar-refractivity contribution < 1.29 is 4.74 Å². The number of nitrogens with zero attached hydrogens (tertiary/aromatic N) is 2. The van der Waals surface area contributed by atoms with Gasteiger partial charge in [-0.1, -0.05) is 49.6 Å². The summed E-state index contributed by atoms with van der Waals surface area (Å²) >= 11 is 0. The van der Waals surface area contributed by atoms with Crippen LogP contribution in [0.4, 0.5) is 0 Å². The third-order valence-corrected chi connectivity index (χ3v) is 5.40. The number of hydrogen-bond donors (Lipinski definition) is 0. The molecule has 3 rings (SSSR count). The third-order valence-electron chi connectivity index (χ3n) is 5.40. The second-order valence-electron chi connectivity index (χ2n) is 7.29. The highest BCUT2D eigenvalue weighted by Gasteiger charge is 2.24. The molecule has 1 aliphatic heterocycles. The molecule has 3 heteroatoms. The highest BCUT2D eigenvalue weighted by molar-refractivity contribution is 5.14. The second kappa shape index (κ2) is 8.81. The van der Waals surface area contributed by atoms with Gasteiger partial charge in [-0.3, -0.25) is 4.90 Å². The van der Waals surface area contributed by atoms with Crippen molar-refractivity contribution in [3.05, 3.63) is 35.9 Å². The van der Waals surface area contributed by atoms with E-state index in [-0.39, 0.29) is 0 Å². The average molecular weight is 316 g/mol. The topological polar surface area (TPSA) is 15.7 Å². The zero-order chi connectivity index (χ0) is 15.9. The maximum Gasteiger partial charge on any atom is 0.0714 e. The van der Waals surface area contributed by atoms with Gasteiger partial charge in [0.1, 0.15) is 0 Å². The molecular weight excluding hydrogens is 284 g/mol. The van der Waals surface area contributed by atoms with Crippen LogP contribution in [-0.4, -0.2) is 55.2 Å². The monoisotopic (exact) mass is 316 g/mol. The van der Waals surface area contributed by atoms with Crippen molar-refractivity contribution in [3.8, 4) is 0 Å². The Morgan fingerprint density at radius 3 is 2.65 bits per heavy atom. The maximum atomic E-state index is 5.97. The fourth-order valence-corrected chi connectivity index (χ4v) is 4.01. The Morgan fingerprint density at radius 2 is 1.91 bits per heavy atom. The Morgan fingerprint density at radius 1 is 1.13 bits per heavy atom. The summed E-state index contributed by atoms with van der Waals surface area (Å²) in [4.78, 5) is 5.13. The molecule has 1 unspecified atom stereocenters. The van der Waals surface area contributed by atoms with Crippen LogP contribution < -0.4 is 0 Å². The Balaban J connectivity index is 1.57. The molecule has 2 fully saturated rings. The lowest BCUT2D eigenvalue weighted by molar-refractivity contribution is -0.0301. The minimum atomic E-state index is 0.413. The van der Waals surface area contributed by atoms with E-state index in [9.17, 15) is 0 Å². The Kier molecular flexibility index (Phi) is 6.49. The van der Waals surface area contributed by atoms with Crippen LogP contribution in [0.15, 0.2) is 30.3 Å². The first-order chi connectivity index (χ1) is 11.3. The van der Waals surface area contributed by atoms with Crippen molar-refractivity contribution in [2.75, 3.05) is 33.3 Å². The molecule has 0 radical (unpaired) electrons. The lowest BCUT2D eigenvalue weighted by atomic mass is 9.93. The van der Waals surface area contributed by atoms with Gasteiger partial charge in [0.25, 0.3) is 0 Å². The Labute approximate surface area is 141 Å². The molecule has 1 atom stereocenters. The third kappa shape index (κ3) is 5.30. The van der Waals surface area contributed by atoms with Gasteiger partial charge in [0.05, 0.1) is 12.7 Å². The van der Waals surface area contributed by atoms with Gasteiger partial charge >= 0.3 is 0 Å². The molecule has 1 aliphatic carbocycles. The van der Waals surface area contributed by atoms with Crippen LogP contribution in [0.25, 0.3) is 0 Å². The summed E-state index contributed by atoms with van der Waals surface area (Å²) in [6.07, 6.45) is 8.55. The number of hydrogen-bond acceptors (Lipinski definition) is 3. The first-order valence-electron chi connectivity index (χ1n) is 9.39. The van der Waals surface area contributed by atoms with E-state index in [1.54, 1.807) is 0 Å². The first-order valence-corrected chi connectivity index (χ1v) is 9.39. The minimum absolute atomic E-state index is 0.413. The van der Waals surface area contributed by atoms with Crippen molar-refractivity contribution >= 4 is 0 Å². The fourth-order valence-electron chi connectivity index (χ4n) is 4.01. The standard InChI is InChI=1S/C20H32N2O/c1-21-14-15-23-20(17-21)12-13-22(19-10-6-3-7-11-19)16-18-8-4-2-5-9-18/h2,4-5,8-9,19-20H,3,6-7,10-17H2,1H3. The van der Waals surface area contributed by atoms with Crippen LogP contribution in [0.2, 0.25) is 0 Å². The summed E-state index contributed by atoms with van der Waals surface area (Å²) in [5, 5.41) is 0. The van der Waals surface area contributed by atoms with E-state index >= 15 is 0 Å². The number of morpholine rings is 1. The maximum absolute atomic E-state index is 5.97. The van der Waals surface area contributed by atoms with Gasteiger partial charge in [0.2, 0.25) is 0 Å². The predicted molar refractivity (Wildman–Crippen MR) is 95.6 cm³/mol. The van der Waals surface area contributed by atoms with Crippen molar-refractivity contribution in [2.24, 2.45) is 0 Å². The van der Waals surface area contributed by atoms with Gasteiger partial charge < -0.3 is 9.64 Å². The minimum Gasteiger partial charge on any atom is -0.376 e. The number of ether oxygens (including phenoxy) is 1. The van der Waals surface area contributed by atoms with Gasteiger partial charge in [-0.05, 0) is 31.9 Å². The number of benzene rings is 1. The summed E-state index contributed by atoms with van der Waals surface area (Å²) in [5.41, 5.74) is 1.44. The Bertz CT molecular complexity index is 444. The molecule has 128 valence electrons. The molecule has 0 spiro atoms. The summed E-state index contributed by atoms with van der Waals surface area (Å²) in [7, 11) is 2.21. The molecule has 1 saturated carbocycles. The molecule has 0 aromatic heterocycles. The summed E-state index contributed by atoms with van der Waals surface area (Å²) in [6, 6.07) is 11.7. The summed E-state index contributed by atoms with van der Waals surface area (Å²) in [5.74, 6) is 0. The van der Waals surface area contributed by atoms with Crippen molar-refractivity contribution in [1.82, 2.24) is 9.80 Å². The average Bonchev–Trinajstić information content (AvgIpc) is 2.60. The molecule has 1 aromatic carbocycles. The zero-order valence-corrected chi connectivity index (χ0v) is 14.6. The van der Waals surface area contributed by atoms with Crippen molar-refractivity contribution in [3.63, 3.8) is 0 Å². The van der Waals surface area contributed by atoms with E-state index in [1.807, 2.05) is 0 Å². The molecular formula is C20H32N2O. The van der Waals surface area contributed by atoms with Crippen LogP contribution in [0, 0.1) is 0 Å². The van der Waals surface area contributed by atoms with E-state index in [0.29, 0.717) is 6.10 Å². The quantitative estimate of drug-likeness (QED) is 0.798.